The highest BCUT2D eigenvalue weighted by atomic mass is 32.1. The molecule has 1 aromatic heterocycles. The number of aryl methyl sites for hydroxylation is 1. The predicted octanol–water partition coefficient (Wildman–Crippen LogP) is 3.32. The van der Waals surface area contributed by atoms with Gasteiger partial charge < -0.3 is 19.7 Å². The lowest BCUT2D eigenvalue weighted by Gasteiger charge is -2.27. The number of morpholine rings is 1. The Bertz CT molecular complexity index is 977. The number of Topliss-reactive ketones (excluding diaryl/α,β-unsaturated/α-hetero) is 1. The highest BCUT2D eigenvalue weighted by Gasteiger charge is 2.30. The zero-order chi connectivity index (χ0) is 21.8. The molecule has 2 heterocycles. The Hall–Kier alpha value is -2.71. The number of ketones is 1. The zero-order valence-electron chi connectivity index (χ0n) is 17.6. The molecule has 8 heteroatoms. The van der Waals surface area contributed by atoms with Gasteiger partial charge in [-0.1, -0.05) is 0 Å². The summed E-state index contributed by atoms with van der Waals surface area (Å²) < 4.78 is 10.9. The van der Waals surface area contributed by atoms with Crippen LogP contribution >= 0.6 is 11.3 Å². The van der Waals surface area contributed by atoms with Gasteiger partial charge in [0, 0.05) is 23.5 Å². The number of thiophene rings is 1. The number of hydrogen-bond acceptors (Lipinski definition) is 6. The molecule has 1 aliphatic heterocycles. The molecule has 2 aromatic rings. The van der Waals surface area contributed by atoms with Gasteiger partial charge in [-0.25, -0.2) is 0 Å². The van der Waals surface area contributed by atoms with Crippen LogP contribution in [0.15, 0.2) is 24.3 Å². The summed E-state index contributed by atoms with van der Waals surface area (Å²) in [4.78, 5) is 40.2. The molecule has 0 radical (unpaired) electrons. The third kappa shape index (κ3) is 4.97. The summed E-state index contributed by atoms with van der Waals surface area (Å²) in [5.74, 6) is 0.141. The molecule has 1 aromatic carbocycles. The minimum Gasteiger partial charge on any atom is -0.484 e. The SMILES string of the molecule is CC(=O)c1ccc(OCC(=O)Nc2sc3c(c2C(=O)N2CCOCC2)CCCC3)cc1. The number of ether oxygens (including phenoxy) is 2. The molecular weight excluding hydrogens is 416 g/mol. The summed E-state index contributed by atoms with van der Waals surface area (Å²) in [5.41, 5.74) is 2.32. The first-order chi connectivity index (χ1) is 15.0. The fourth-order valence-electron chi connectivity index (χ4n) is 3.90. The molecule has 7 nitrogen and oxygen atoms in total. The van der Waals surface area contributed by atoms with E-state index in [4.69, 9.17) is 9.47 Å². The second-order valence-electron chi connectivity index (χ2n) is 7.74. The summed E-state index contributed by atoms with van der Waals surface area (Å²) in [7, 11) is 0. The van der Waals surface area contributed by atoms with Crippen molar-refractivity contribution in [2.45, 2.75) is 32.6 Å². The van der Waals surface area contributed by atoms with Crippen molar-refractivity contribution in [3.8, 4) is 5.75 Å². The van der Waals surface area contributed by atoms with Gasteiger partial charge in [-0.2, -0.15) is 0 Å². The van der Waals surface area contributed by atoms with Crippen LogP contribution in [0.25, 0.3) is 0 Å². The predicted molar refractivity (Wildman–Crippen MR) is 118 cm³/mol. The molecular formula is C23H26N2O5S. The number of rotatable bonds is 6. The van der Waals surface area contributed by atoms with Crippen molar-refractivity contribution in [3.63, 3.8) is 0 Å². The zero-order valence-corrected chi connectivity index (χ0v) is 18.4. The second kappa shape index (κ2) is 9.62. The number of anilines is 1. The van der Waals surface area contributed by atoms with Crippen molar-refractivity contribution >= 4 is 33.9 Å². The first-order valence-corrected chi connectivity index (χ1v) is 11.4. The summed E-state index contributed by atoms with van der Waals surface area (Å²) in [6.07, 6.45) is 3.97. The lowest BCUT2D eigenvalue weighted by molar-refractivity contribution is -0.118. The number of nitrogens with zero attached hydrogens (tertiary/aromatic N) is 1. The number of carbonyl (C=O) groups is 3. The number of benzene rings is 1. The van der Waals surface area contributed by atoms with Gasteiger partial charge in [0.2, 0.25) is 0 Å². The Balaban J connectivity index is 1.46. The molecule has 1 fully saturated rings. The average molecular weight is 443 g/mol. The fraction of sp³-hybridized carbons (Fsp3) is 0.435. The van der Waals surface area contributed by atoms with Crippen molar-refractivity contribution in [2.75, 3.05) is 38.2 Å². The molecule has 1 aliphatic carbocycles. The molecule has 164 valence electrons. The van der Waals surface area contributed by atoms with Gasteiger partial charge in [0.25, 0.3) is 11.8 Å². The van der Waals surface area contributed by atoms with Crippen LogP contribution in [0, 0.1) is 0 Å². The van der Waals surface area contributed by atoms with Crippen molar-refractivity contribution in [2.24, 2.45) is 0 Å². The lowest BCUT2D eigenvalue weighted by Crippen LogP contribution is -2.41. The topological polar surface area (TPSA) is 84.9 Å². The maximum Gasteiger partial charge on any atom is 0.262 e. The summed E-state index contributed by atoms with van der Waals surface area (Å²) in [6, 6.07) is 6.67. The molecule has 0 saturated carbocycles. The van der Waals surface area contributed by atoms with E-state index in [-0.39, 0.29) is 24.2 Å². The molecule has 1 saturated heterocycles. The van der Waals surface area contributed by atoms with Gasteiger partial charge in [-0.15, -0.1) is 11.3 Å². The first kappa shape index (κ1) is 21.5. The van der Waals surface area contributed by atoms with Gasteiger partial charge in [0.1, 0.15) is 10.8 Å². The molecule has 0 unspecified atom stereocenters. The molecule has 0 bridgehead atoms. The van der Waals surface area contributed by atoms with E-state index in [1.807, 2.05) is 4.90 Å². The molecule has 0 atom stereocenters. The van der Waals surface area contributed by atoms with Gasteiger partial charge in [0.15, 0.2) is 12.4 Å². The number of nitrogens with one attached hydrogen (secondary N) is 1. The number of amides is 2. The molecule has 1 N–H and O–H groups in total. The number of hydrogen-bond donors (Lipinski definition) is 1. The number of carbonyl (C=O) groups excluding carboxylic acids is 3. The van der Waals surface area contributed by atoms with Crippen LogP contribution < -0.4 is 10.1 Å². The molecule has 2 amide bonds. The quantitative estimate of drug-likeness (QED) is 0.694. The van der Waals surface area contributed by atoms with Crippen molar-refractivity contribution in [1.82, 2.24) is 4.90 Å². The largest absolute Gasteiger partial charge is 0.484 e. The van der Waals surface area contributed by atoms with E-state index >= 15 is 0 Å². The number of fused-ring (bicyclic) bond motifs is 1. The second-order valence-corrected chi connectivity index (χ2v) is 8.84. The van der Waals surface area contributed by atoms with E-state index < -0.39 is 0 Å². The van der Waals surface area contributed by atoms with Crippen LogP contribution in [-0.2, 0) is 22.4 Å². The third-order valence-corrected chi connectivity index (χ3v) is 6.77. The minimum atomic E-state index is -0.315. The van der Waals surface area contributed by atoms with Gasteiger partial charge >= 0.3 is 0 Å². The fourth-order valence-corrected chi connectivity index (χ4v) is 5.20. The summed E-state index contributed by atoms with van der Waals surface area (Å²) >= 11 is 1.51. The van der Waals surface area contributed by atoms with Crippen molar-refractivity contribution in [3.05, 3.63) is 45.8 Å². The van der Waals surface area contributed by atoms with E-state index in [0.717, 1.165) is 31.2 Å². The Morgan fingerprint density at radius 1 is 1.10 bits per heavy atom. The monoisotopic (exact) mass is 442 g/mol. The van der Waals surface area contributed by atoms with Crippen LogP contribution in [0.5, 0.6) is 5.75 Å². The smallest absolute Gasteiger partial charge is 0.262 e. The lowest BCUT2D eigenvalue weighted by atomic mass is 9.95. The third-order valence-electron chi connectivity index (χ3n) is 5.57. The maximum absolute atomic E-state index is 13.3. The Kier molecular flexibility index (Phi) is 6.67. The van der Waals surface area contributed by atoms with Crippen LogP contribution in [0.2, 0.25) is 0 Å². The minimum absolute atomic E-state index is 0.0246. The molecule has 0 spiro atoms. The average Bonchev–Trinajstić information content (AvgIpc) is 3.15. The standard InChI is InChI=1S/C23H26N2O5S/c1-15(26)16-6-8-17(9-7-16)30-14-20(27)24-22-21(18-4-2-3-5-19(18)31-22)23(28)25-10-12-29-13-11-25/h6-9H,2-5,10-14H2,1H3,(H,24,27). The summed E-state index contributed by atoms with van der Waals surface area (Å²) in [5, 5.41) is 3.52. The molecule has 4 rings (SSSR count). The van der Waals surface area contributed by atoms with Crippen molar-refractivity contribution in [1.29, 1.82) is 0 Å². The van der Waals surface area contributed by atoms with Crippen LogP contribution in [-0.4, -0.2) is 55.4 Å². The maximum atomic E-state index is 13.3. The highest BCUT2D eigenvalue weighted by molar-refractivity contribution is 7.17. The normalized spacial score (nSPS) is 15.8. The van der Waals surface area contributed by atoms with Gasteiger partial charge in [-0.05, 0) is 62.4 Å². The van der Waals surface area contributed by atoms with Crippen molar-refractivity contribution < 1.29 is 23.9 Å². The molecule has 31 heavy (non-hydrogen) atoms. The Labute approximate surface area is 185 Å². The Morgan fingerprint density at radius 3 is 2.52 bits per heavy atom. The van der Waals surface area contributed by atoms with Crippen LogP contribution in [0.1, 0.15) is 50.9 Å². The van der Waals surface area contributed by atoms with E-state index in [9.17, 15) is 14.4 Å². The van der Waals surface area contributed by atoms with Crippen LogP contribution in [0.4, 0.5) is 5.00 Å². The van der Waals surface area contributed by atoms with Crippen LogP contribution in [0.3, 0.4) is 0 Å². The summed E-state index contributed by atoms with van der Waals surface area (Å²) in [6.45, 7) is 3.53. The van der Waals surface area contributed by atoms with Gasteiger partial charge in [0.05, 0.1) is 18.8 Å². The van der Waals surface area contributed by atoms with E-state index in [1.54, 1.807) is 24.3 Å². The molecule has 2 aliphatic rings. The highest BCUT2D eigenvalue weighted by Crippen LogP contribution is 2.39. The van der Waals surface area contributed by atoms with E-state index in [2.05, 4.69) is 5.32 Å². The Morgan fingerprint density at radius 2 is 1.81 bits per heavy atom. The van der Waals surface area contributed by atoms with E-state index in [1.165, 1.54) is 23.1 Å². The first-order valence-electron chi connectivity index (χ1n) is 10.6. The van der Waals surface area contributed by atoms with Gasteiger partial charge in [-0.3, -0.25) is 14.4 Å². The van der Waals surface area contributed by atoms with E-state index in [0.29, 0.717) is 48.2 Å².